The summed E-state index contributed by atoms with van der Waals surface area (Å²) in [6, 6.07) is 0. The van der Waals surface area contributed by atoms with E-state index in [1.807, 2.05) is 27.7 Å². The van der Waals surface area contributed by atoms with E-state index in [1.54, 1.807) is 0 Å². The summed E-state index contributed by atoms with van der Waals surface area (Å²) in [6.07, 6.45) is -30.3. The molecule has 5 aliphatic heterocycles. The van der Waals surface area contributed by atoms with Gasteiger partial charge in [-0.05, 0) is 94.8 Å². The molecule has 9 rings (SSSR count). The van der Waals surface area contributed by atoms with Crippen molar-refractivity contribution >= 4 is 42.9 Å². The molecule has 27 unspecified atom stereocenters. The lowest BCUT2D eigenvalue weighted by atomic mass is 9.41. The Morgan fingerprint density at radius 3 is 1.83 bits per heavy atom. The summed E-state index contributed by atoms with van der Waals surface area (Å²) in [4.78, 5) is 28.8. The van der Waals surface area contributed by atoms with E-state index in [1.165, 1.54) is 6.92 Å². The summed E-state index contributed by atoms with van der Waals surface area (Å²) in [5.74, 6) is -0.993. The lowest BCUT2D eigenvalue weighted by molar-refractivity contribution is -0.389. The fourth-order valence-electron chi connectivity index (χ4n) is 16.3. The SMILES string of the molecule is C=C(C)CCCC1(C)OC(=O)C23CCC4C(=CCC5C(C)(C)C(OC6OCC(OS(=O)(=O)O)C(O)C6OC6OC(C)C(OC7OC(COS(=O)(=O)O)C(O)C(OC8OC(COS(=O)(=O)O)C(O)C(OC)C8O)C7O)C(O)C6O)CCC45C)C2(C)CC(=O)C13. The van der Waals surface area contributed by atoms with Crippen LogP contribution in [0, 0.1) is 39.4 Å². The van der Waals surface area contributed by atoms with Crippen LogP contribution in [-0.2, 0) is 101 Å². The van der Waals surface area contributed by atoms with Crippen LogP contribution in [0.2, 0.25) is 0 Å². The second-order valence-corrected chi connectivity index (χ2v) is 29.6. The van der Waals surface area contributed by atoms with Crippen LogP contribution >= 0.6 is 0 Å². The first kappa shape index (κ1) is 69.9. The van der Waals surface area contributed by atoms with Gasteiger partial charge in [0.05, 0.1) is 43.4 Å². The second-order valence-electron chi connectivity index (χ2n) is 26.3. The number of aliphatic hydroxyl groups excluding tert-OH is 7. The normalized spacial score (nSPS) is 47.1. The van der Waals surface area contributed by atoms with Gasteiger partial charge in [-0.1, -0.05) is 44.9 Å². The van der Waals surface area contributed by atoms with E-state index >= 15 is 0 Å². The third kappa shape index (κ3) is 13.1. The zero-order valence-corrected chi connectivity index (χ0v) is 52.3. The van der Waals surface area contributed by atoms with Gasteiger partial charge >= 0.3 is 37.2 Å². The molecule has 504 valence electrons. The lowest BCUT2D eigenvalue weighted by Gasteiger charge is -2.63. The molecular weight excluding hydrogens is 1240 g/mol. The van der Waals surface area contributed by atoms with Crippen LogP contribution < -0.4 is 0 Å². The van der Waals surface area contributed by atoms with Crippen molar-refractivity contribution in [2.45, 2.75) is 235 Å². The van der Waals surface area contributed by atoms with E-state index in [-0.39, 0.29) is 35.4 Å². The van der Waals surface area contributed by atoms with Crippen molar-refractivity contribution in [3.63, 3.8) is 0 Å². The fourth-order valence-corrected chi connectivity index (χ4v) is 17.4. The molecule has 10 N–H and O–H groups in total. The number of methoxy groups -OCH3 is 1. The number of ether oxygens (including phenoxy) is 10. The quantitative estimate of drug-likeness (QED) is 0.0385. The highest BCUT2D eigenvalue weighted by Crippen LogP contribution is 2.75. The first-order valence-electron chi connectivity index (χ1n) is 29.2. The van der Waals surface area contributed by atoms with E-state index in [2.05, 4.69) is 34.9 Å². The molecule has 5 saturated heterocycles. The van der Waals surface area contributed by atoms with Crippen LogP contribution in [-0.4, -0.2) is 242 Å². The van der Waals surface area contributed by atoms with Gasteiger partial charge in [0.1, 0.15) is 96.8 Å². The Balaban J connectivity index is 0.916. The van der Waals surface area contributed by atoms with Gasteiger partial charge < -0.3 is 83.1 Å². The van der Waals surface area contributed by atoms with Crippen molar-refractivity contribution < 1.29 is 144 Å². The molecular formula is C54H84O31S3. The number of hydrogen-bond acceptors (Lipinski definition) is 28. The summed E-state index contributed by atoms with van der Waals surface area (Å²) < 4.78 is 171. The van der Waals surface area contributed by atoms with Gasteiger partial charge in [0.15, 0.2) is 25.2 Å². The minimum atomic E-state index is -5.25. The van der Waals surface area contributed by atoms with E-state index in [4.69, 9.17) is 56.1 Å². The van der Waals surface area contributed by atoms with Crippen molar-refractivity contribution in [3.8, 4) is 0 Å². The number of Topliss-reactive ketones (excluding diaryl/α,β-unsaturated/α-hetero) is 1. The Labute approximate surface area is 510 Å². The number of esters is 1. The molecule has 88 heavy (non-hydrogen) atoms. The topological polar surface area (TPSA) is 459 Å². The molecule has 8 fully saturated rings. The molecule has 0 bridgehead atoms. The minimum Gasteiger partial charge on any atom is -0.458 e. The first-order valence-corrected chi connectivity index (χ1v) is 33.3. The Morgan fingerprint density at radius 2 is 1.25 bits per heavy atom. The predicted molar refractivity (Wildman–Crippen MR) is 292 cm³/mol. The third-order valence-corrected chi connectivity index (χ3v) is 21.9. The number of ketones is 1. The minimum absolute atomic E-state index is 0.0242. The van der Waals surface area contributed by atoms with Gasteiger partial charge in [0, 0.05) is 18.9 Å². The summed E-state index contributed by atoms with van der Waals surface area (Å²) in [5, 5.41) is 80.2. The standard InChI is InChI=1S/C54H84O31S3/c1-23(2)11-10-16-53(8)44-27(55)19-52(7)26-12-13-31-50(4,5)32(15-17-51(31,6)25(26)14-18-54(44,52)49(63)84-53)80-48-43(35(58)30(20-74-48)85-88(70,71)72)83-45-37(60)36(59)40(24(3)77-45)81-47-39(62)42(34(57)29(79-47)22-76-87(67,68)69)82-46-38(61)41(73-9)33(56)28(78-46)21-75-86(64,65)66/h12,24-25,28-48,56-62H,1,10-11,13-22H2,2-9H3,(H,64,65,66)(H,67,68,69)(H,70,71,72). The van der Waals surface area contributed by atoms with Crippen LogP contribution in [0.3, 0.4) is 0 Å². The molecule has 0 radical (unpaired) electrons. The maximum atomic E-state index is 14.4. The van der Waals surface area contributed by atoms with Crippen molar-refractivity contribution in [2.24, 2.45) is 39.4 Å². The van der Waals surface area contributed by atoms with Crippen LogP contribution in [0.25, 0.3) is 0 Å². The van der Waals surface area contributed by atoms with Crippen LogP contribution in [0.15, 0.2) is 23.8 Å². The maximum Gasteiger partial charge on any atom is 0.397 e. The van der Waals surface area contributed by atoms with Gasteiger partial charge in [0.25, 0.3) is 0 Å². The number of fused-ring (bicyclic) bond motifs is 4. The maximum absolute atomic E-state index is 14.4. The number of carbonyl (C=O) groups excluding carboxylic acids is 2. The molecule has 5 heterocycles. The second kappa shape index (κ2) is 25.4. The number of hydrogen-bond donors (Lipinski definition) is 10. The Hall–Kier alpha value is -2.41. The highest BCUT2D eigenvalue weighted by Gasteiger charge is 2.79. The molecule has 0 amide bonds. The molecule has 1 spiro atoms. The third-order valence-electron chi connectivity index (χ3n) is 20.5. The molecule has 31 nitrogen and oxygen atoms in total. The number of allylic oxidation sites excluding steroid dienone is 3. The molecule has 0 aromatic carbocycles. The predicted octanol–water partition coefficient (Wildman–Crippen LogP) is -0.728. The summed E-state index contributed by atoms with van der Waals surface area (Å²) in [5.41, 5.74) is -1.74. The highest BCUT2D eigenvalue weighted by molar-refractivity contribution is 7.81. The molecule has 3 saturated carbocycles. The van der Waals surface area contributed by atoms with Crippen molar-refractivity contribution in [3.05, 3.63) is 23.8 Å². The van der Waals surface area contributed by atoms with Gasteiger partial charge in [-0.3, -0.25) is 23.2 Å². The van der Waals surface area contributed by atoms with Gasteiger partial charge in [0.2, 0.25) is 0 Å². The zero-order chi connectivity index (χ0) is 65.0. The van der Waals surface area contributed by atoms with Crippen molar-refractivity contribution in [2.75, 3.05) is 26.9 Å². The molecule has 4 aliphatic carbocycles. The van der Waals surface area contributed by atoms with E-state index in [9.17, 15) is 79.7 Å². The summed E-state index contributed by atoms with van der Waals surface area (Å²) in [7, 11) is -14.6. The average molecular weight is 1330 g/mol. The number of rotatable bonds is 21. The Bertz CT molecular complexity index is 2970. The van der Waals surface area contributed by atoms with E-state index < -0.39 is 202 Å². The monoisotopic (exact) mass is 1320 g/mol. The van der Waals surface area contributed by atoms with Crippen molar-refractivity contribution in [1.82, 2.24) is 0 Å². The summed E-state index contributed by atoms with van der Waals surface area (Å²) in [6.45, 7) is 14.5. The van der Waals surface area contributed by atoms with Gasteiger partial charge in [-0.15, -0.1) is 6.58 Å². The molecule has 0 aromatic rings. The molecule has 9 aliphatic rings. The van der Waals surface area contributed by atoms with Crippen LogP contribution in [0.1, 0.15) is 106 Å². The van der Waals surface area contributed by atoms with E-state index in [0.717, 1.165) is 31.1 Å². The van der Waals surface area contributed by atoms with Crippen LogP contribution in [0.4, 0.5) is 0 Å². The van der Waals surface area contributed by atoms with Gasteiger partial charge in [-0.2, -0.15) is 25.3 Å². The van der Waals surface area contributed by atoms with E-state index in [0.29, 0.717) is 38.5 Å². The first-order chi connectivity index (χ1) is 40.7. The summed E-state index contributed by atoms with van der Waals surface area (Å²) >= 11 is 0. The number of carbonyl (C=O) groups is 2. The highest BCUT2D eigenvalue weighted by atomic mass is 32.3. The largest absolute Gasteiger partial charge is 0.458 e. The average Bonchev–Trinajstić information content (AvgIpc) is 1.44. The molecule has 0 aromatic heterocycles. The van der Waals surface area contributed by atoms with Crippen molar-refractivity contribution in [1.29, 1.82) is 0 Å². The number of aliphatic hydroxyl groups is 7. The fraction of sp³-hybridized carbons (Fsp3) is 0.889. The lowest BCUT2D eigenvalue weighted by Crippen LogP contribution is -2.67. The smallest absolute Gasteiger partial charge is 0.397 e. The van der Waals surface area contributed by atoms with Gasteiger partial charge in [-0.25, -0.2) is 12.5 Å². The molecule has 34 heteroatoms. The number of cyclic esters (lactones) is 1. The zero-order valence-electron chi connectivity index (χ0n) is 49.8. The Morgan fingerprint density at radius 1 is 0.682 bits per heavy atom. The van der Waals surface area contributed by atoms with Crippen LogP contribution in [0.5, 0.6) is 0 Å². The molecule has 27 atom stereocenters. The Kier molecular flexibility index (Phi) is 20.2.